The summed E-state index contributed by atoms with van der Waals surface area (Å²) in [5.41, 5.74) is 2.44. The lowest BCUT2D eigenvalue weighted by Gasteiger charge is -2.00. The Labute approximate surface area is 93.0 Å². The van der Waals surface area contributed by atoms with E-state index in [0.717, 1.165) is 11.3 Å². The van der Waals surface area contributed by atoms with Crippen LogP contribution in [-0.4, -0.2) is 4.57 Å². The zero-order valence-corrected chi connectivity index (χ0v) is 9.36. The van der Waals surface area contributed by atoms with Gasteiger partial charge in [0.15, 0.2) is 5.42 Å². The second kappa shape index (κ2) is 3.85. The van der Waals surface area contributed by atoms with Crippen LogP contribution >= 0.6 is 0 Å². The van der Waals surface area contributed by atoms with Crippen molar-refractivity contribution in [3.05, 3.63) is 51.1 Å². The van der Waals surface area contributed by atoms with E-state index in [4.69, 9.17) is 4.42 Å². The summed E-state index contributed by atoms with van der Waals surface area (Å²) in [5, 5.41) is 0.580. The average Bonchev–Trinajstić information content (AvgIpc) is 2.56. The van der Waals surface area contributed by atoms with Gasteiger partial charge < -0.3 is 4.42 Å². The molecule has 3 heteroatoms. The van der Waals surface area contributed by atoms with E-state index in [9.17, 15) is 4.79 Å². The molecule has 0 aliphatic carbocycles. The van der Waals surface area contributed by atoms with Crippen LogP contribution in [-0.2, 0) is 0 Å². The highest BCUT2D eigenvalue weighted by atomic mass is 16.4. The minimum atomic E-state index is -0.401. The minimum absolute atomic E-state index is 0.401. The molecule has 16 heavy (non-hydrogen) atoms. The third-order valence-electron chi connectivity index (χ3n) is 2.49. The maximum atomic E-state index is 11.6. The molecule has 0 aliphatic heterocycles. The summed E-state index contributed by atoms with van der Waals surface area (Å²) >= 11 is 0. The summed E-state index contributed by atoms with van der Waals surface area (Å²) < 4.78 is 6.54. The Hall–Kier alpha value is -2.03. The van der Waals surface area contributed by atoms with Crippen molar-refractivity contribution < 1.29 is 4.42 Å². The molecule has 82 valence electrons. The number of aryl methyl sites for hydroxylation is 1. The van der Waals surface area contributed by atoms with Crippen molar-refractivity contribution in [2.24, 2.45) is 0 Å². The largest absolute Gasteiger partial charge is 0.424 e. The molecule has 0 N–H and O–H groups in total. The summed E-state index contributed by atoms with van der Waals surface area (Å²) in [6.45, 7) is 7.66. The minimum Gasteiger partial charge on any atom is -0.408 e. The van der Waals surface area contributed by atoms with E-state index in [0.29, 0.717) is 10.8 Å². The molecule has 2 rings (SSSR count). The molecule has 0 spiro atoms. The first-order chi connectivity index (χ1) is 7.63. The Morgan fingerprint density at radius 2 is 1.94 bits per heavy atom. The lowest BCUT2D eigenvalue weighted by atomic mass is 10.2. The van der Waals surface area contributed by atoms with E-state index in [1.807, 2.05) is 38.1 Å². The van der Waals surface area contributed by atoms with Gasteiger partial charge in [-0.3, -0.25) is 0 Å². The average molecular weight is 215 g/mol. The molecule has 0 saturated carbocycles. The second-order valence-electron chi connectivity index (χ2n) is 3.64. The molecule has 0 unspecified atom stereocenters. The number of oxazole rings is 1. The first-order valence-electron chi connectivity index (χ1n) is 5.07. The molecular weight excluding hydrogens is 202 g/mol. The van der Waals surface area contributed by atoms with Gasteiger partial charge in [0.1, 0.15) is 0 Å². The summed E-state index contributed by atoms with van der Waals surface area (Å²) in [6.07, 6.45) is 1.73. The van der Waals surface area contributed by atoms with Crippen molar-refractivity contribution in [1.29, 1.82) is 0 Å². The van der Waals surface area contributed by atoms with Gasteiger partial charge in [-0.1, -0.05) is 24.3 Å². The molecule has 0 radical (unpaired) electrons. The van der Waals surface area contributed by atoms with E-state index in [-0.39, 0.29) is 0 Å². The van der Waals surface area contributed by atoms with Gasteiger partial charge in [-0.2, -0.15) is 0 Å². The normalized spacial score (nSPS) is 12.0. The Balaban J connectivity index is 2.75. The summed E-state index contributed by atoms with van der Waals surface area (Å²) in [6, 6.07) is 7.65. The number of hydrogen-bond donors (Lipinski definition) is 0. The highest BCUT2D eigenvalue weighted by Crippen LogP contribution is 2.04. The van der Waals surface area contributed by atoms with Crippen molar-refractivity contribution in [3.8, 4) is 5.69 Å². The molecule has 1 aromatic carbocycles. The molecule has 0 bridgehead atoms. The standard InChI is InChI=1S/C13H13NO2/c1-4-12-10(3)14(13(15)16-12)11-7-5-9(2)6-8-11/h4-8H,3H2,1-2H3/b12-4+. The van der Waals surface area contributed by atoms with Crippen LogP contribution in [0.2, 0.25) is 0 Å². The highest BCUT2D eigenvalue weighted by Gasteiger charge is 2.05. The van der Waals surface area contributed by atoms with E-state index < -0.39 is 5.76 Å². The van der Waals surface area contributed by atoms with Crippen molar-refractivity contribution >= 4 is 12.7 Å². The Morgan fingerprint density at radius 3 is 2.44 bits per heavy atom. The van der Waals surface area contributed by atoms with Gasteiger partial charge in [-0.05, 0) is 32.1 Å². The summed E-state index contributed by atoms with van der Waals surface area (Å²) in [7, 11) is 0. The van der Waals surface area contributed by atoms with Gasteiger partial charge in [-0.15, -0.1) is 0 Å². The fourth-order valence-electron chi connectivity index (χ4n) is 1.60. The fraction of sp³-hybridized carbons (Fsp3) is 0.154. The quantitative estimate of drug-likeness (QED) is 0.710. The van der Waals surface area contributed by atoms with Gasteiger partial charge in [-0.25, -0.2) is 9.36 Å². The monoisotopic (exact) mass is 215 g/mol. The molecule has 0 amide bonds. The molecule has 0 atom stereocenters. The van der Waals surface area contributed by atoms with Crippen LogP contribution in [0.25, 0.3) is 18.3 Å². The van der Waals surface area contributed by atoms with Crippen molar-refractivity contribution in [3.63, 3.8) is 0 Å². The van der Waals surface area contributed by atoms with Crippen LogP contribution in [0.1, 0.15) is 12.5 Å². The number of rotatable bonds is 1. The zero-order chi connectivity index (χ0) is 11.7. The van der Waals surface area contributed by atoms with E-state index in [1.54, 1.807) is 6.08 Å². The number of aromatic nitrogens is 1. The van der Waals surface area contributed by atoms with E-state index in [1.165, 1.54) is 4.57 Å². The molecule has 0 saturated heterocycles. The van der Waals surface area contributed by atoms with Gasteiger partial charge in [0, 0.05) is 0 Å². The van der Waals surface area contributed by atoms with Crippen molar-refractivity contribution in [2.75, 3.05) is 0 Å². The van der Waals surface area contributed by atoms with Gasteiger partial charge in [0.2, 0.25) is 0 Å². The zero-order valence-electron chi connectivity index (χ0n) is 9.36. The highest BCUT2D eigenvalue weighted by molar-refractivity contribution is 5.35. The molecule has 0 aliphatic rings. The maximum absolute atomic E-state index is 11.6. The fourth-order valence-corrected chi connectivity index (χ4v) is 1.60. The first-order valence-corrected chi connectivity index (χ1v) is 5.07. The Kier molecular flexibility index (Phi) is 2.52. The molecule has 3 nitrogen and oxygen atoms in total. The lowest BCUT2D eigenvalue weighted by molar-refractivity contribution is 0.477. The van der Waals surface area contributed by atoms with Crippen LogP contribution in [0.5, 0.6) is 0 Å². The van der Waals surface area contributed by atoms with Crippen LogP contribution in [0.15, 0.2) is 33.5 Å². The van der Waals surface area contributed by atoms with Crippen molar-refractivity contribution in [1.82, 2.24) is 4.57 Å². The number of nitrogens with zero attached hydrogens (tertiary/aromatic N) is 1. The van der Waals surface area contributed by atoms with Gasteiger partial charge >= 0.3 is 5.76 Å². The van der Waals surface area contributed by atoms with Crippen LogP contribution in [0.3, 0.4) is 0 Å². The Morgan fingerprint density at radius 1 is 1.31 bits per heavy atom. The topological polar surface area (TPSA) is 35.1 Å². The van der Waals surface area contributed by atoms with Gasteiger partial charge in [0.05, 0.1) is 11.0 Å². The third-order valence-corrected chi connectivity index (χ3v) is 2.49. The SMILES string of the molecule is C=c1/c(=C\C)oc(=O)n1-c1ccc(C)cc1. The summed E-state index contributed by atoms with van der Waals surface area (Å²) in [4.78, 5) is 11.6. The van der Waals surface area contributed by atoms with Gasteiger partial charge in [0.25, 0.3) is 0 Å². The number of hydrogen-bond acceptors (Lipinski definition) is 2. The molecule has 0 fully saturated rings. The Bertz CT molecular complexity index is 659. The van der Waals surface area contributed by atoms with Crippen molar-refractivity contribution in [2.45, 2.75) is 13.8 Å². The van der Waals surface area contributed by atoms with E-state index in [2.05, 4.69) is 6.58 Å². The lowest BCUT2D eigenvalue weighted by Crippen LogP contribution is -2.29. The molecule has 1 aromatic heterocycles. The summed E-state index contributed by atoms with van der Waals surface area (Å²) in [5.74, 6) is -0.401. The third kappa shape index (κ3) is 1.60. The molecule has 2 aromatic rings. The predicted molar refractivity (Wildman–Crippen MR) is 64.0 cm³/mol. The van der Waals surface area contributed by atoms with Crippen LogP contribution < -0.4 is 16.5 Å². The van der Waals surface area contributed by atoms with Crippen LogP contribution in [0, 0.1) is 6.92 Å². The van der Waals surface area contributed by atoms with Crippen LogP contribution in [0.4, 0.5) is 0 Å². The number of benzene rings is 1. The predicted octanol–water partition coefficient (Wildman–Crippen LogP) is 0.950. The van der Waals surface area contributed by atoms with E-state index >= 15 is 0 Å². The smallest absolute Gasteiger partial charge is 0.408 e. The maximum Gasteiger partial charge on any atom is 0.424 e. The second-order valence-corrected chi connectivity index (χ2v) is 3.64. The molecule has 1 heterocycles. The first kappa shape index (κ1) is 10.5. The molecular formula is C13H13NO2.